The number of esters is 1. The first-order valence-electron chi connectivity index (χ1n) is 6.96. The van der Waals surface area contributed by atoms with Gasteiger partial charge in [0.25, 0.3) is 0 Å². The molecule has 0 N–H and O–H groups in total. The fourth-order valence-electron chi connectivity index (χ4n) is 1.68. The van der Waals surface area contributed by atoms with Crippen molar-refractivity contribution >= 4 is 5.97 Å². The number of carbonyl (C=O) groups excluding carboxylic acids is 1. The molecular formula is C15H30NO2+. The average molecular weight is 256 g/mol. The summed E-state index contributed by atoms with van der Waals surface area (Å²) in [7, 11) is 6.70. The molecule has 0 spiro atoms. The van der Waals surface area contributed by atoms with Gasteiger partial charge in [-0.25, -0.2) is 4.79 Å². The van der Waals surface area contributed by atoms with Gasteiger partial charge in [-0.2, -0.15) is 0 Å². The lowest BCUT2D eigenvalue weighted by Crippen LogP contribution is -2.35. The zero-order valence-electron chi connectivity index (χ0n) is 12.6. The summed E-state index contributed by atoms with van der Waals surface area (Å²) in [6.45, 7) is 7.00. The lowest BCUT2D eigenvalue weighted by Gasteiger charge is -2.23. The maximum absolute atomic E-state index is 11.1. The lowest BCUT2D eigenvalue weighted by atomic mass is 10.1. The molecule has 0 saturated carbocycles. The van der Waals surface area contributed by atoms with Crippen molar-refractivity contribution in [2.75, 3.05) is 34.3 Å². The summed E-state index contributed by atoms with van der Waals surface area (Å²) in [6.07, 6.45) is 7.24. The van der Waals surface area contributed by atoms with E-state index in [1.807, 2.05) is 0 Å². The van der Waals surface area contributed by atoms with Crippen LogP contribution in [-0.2, 0) is 9.53 Å². The molecule has 0 bridgehead atoms. The second-order valence-electron chi connectivity index (χ2n) is 6.05. The van der Waals surface area contributed by atoms with Gasteiger partial charge >= 0.3 is 5.97 Å². The van der Waals surface area contributed by atoms with Gasteiger partial charge in [-0.05, 0) is 26.2 Å². The Morgan fingerprint density at radius 2 is 1.50 bits per heavy atom. The molecule has 0 aliphatic heterocycles. The minimum Gasteiger partial charge on any atom is -0.462 e. The van der Waals surface area contributed by atoms with Crippen molar-refractivity contribution in [3.05, 3.63) is 12.2 Å². The molecule has 0 aliphatic rings. The molecule has 106 valence electrons. The standard InChI is InChI=1S/C15H30NO2/c1-14(2)15(17)18-13-11-9-7-6-8-10-12-16(3,4)5/h1,6-13H2,2-5H3/q+1. The molecule has 0 amide bonds. The molecule has 0 rings (SSSR count). The molecule has 0 aromatic carbocycles. The Morgan fingerprint density at radius 3 is 2.00 bits per heavy atom. The summed E-state index contributed by atoms with van der Waals surface area (Å²) in [5.74, 6) is -0.266. The van der Waals surface area contributed by atoms with Crippen LogP contribution >= 0.6 is 0 Å². The van der Waals surface area contributed by atoms with Crippen LogP contribution in [0.15, 0.2) is 12.2 Å². The molecule has 0 aliphatic carbocycles. The van der Waals surface area contributed by atoms with Crippen LogP contribution in [0.4, 0.5) is 0 Å². The Kier molecular flexibility index (Phi) is 8.73. The van der Waals surface area contributed by atoms with E-state index < -0.39 is 0 Å². The van der Waals surface area contributed by atoms with Crippen LogP contribution in [0.25, 0.3) is 0 Å². The van der Waals surface area contributed by atoms with Gasteiger partial charge in [0.1, 0.15) is 0 Å². The Labute approximate surface area is 112 Å². The molecule has 0 radical (unpaired) electrons. The second-order valence-corrected chi connectivity index (χ2v) is 6.05. The van der Waals surface area contributed by atoms with Crippen molar-refractivity contribution in [1.82, 2.24) is 0 Å². The fourth-order valence-corrected chi connectivity index (χ4v) is 1.68. The highest BCUT2D eigenvalue weighted by atomic mass is 16.5. The Balaban J connectivity index is 3.22. The predicted molar refractivity (Wildman–Crippen MR) is 76.4 cm³/mol. The summed E-state index contributed by atoms with van der Waals surface area (Å²) in [4.78, 5) is 11.1. The first-order chi connectivity index (χ1) is 8.33. The summed E-state index contributed by atoms with van der Waals surface area (Å²) >= 11 is 0. The van der Waals surface area contributed by atoms with Crippen LogP contribution in [0.1, 0.15) is 45.4 Å². The van der Waals surface area contributed by atoms with Crippen LogP contribution in [-0.4, -0.2) is 44.7 Å². The van der Waals surface area contributed by atoms with Crippen LogP contribution in [0.5, 0.6) is 0 Å². The van der Waals surface area contributed by atoms with Gasteiger partial charge in [0.15, 0.2) is 0 Å². The van der Waals surface area contributed by atoms with E-state index in [1.54, 1.807) is 6.92 Å². The van der Waals surface area contributed by atoms with E-state index in [0.717, 1.165) is 17.3 Å². The van der Waals surface area contributed by atoms with Crippen LogP contribution in [0, 0.1) is 0 Å². The number of quaternary nitrogens is 1. The van der Waals surface area contributed by atoms with Crippen molar-refractivity contribution in [3.63, 3.8) is 0 Å². The van der Waals surface area contributed by atoms with Crippen molar-refractivity contribution in [2.45, 2.75) is 45.4 Å². The third-order valence-corrected chi connectivity index (χ3v) is 2.80. The SMILES string of the molecule is C=C(C)C(=O)OCCCCCCCC[N+](C)(C)C. The molecule has 3 nitrogen and oxygen atoms in total. The third-order valence-electron chi connectivity index (χ3n) is 2.80. The number of hydrogen-bond donors (Lipinski definition) is 0. The quantitative estimate of drug-likeness (QED) is 0.260. The van der Waals surface area contributed by atoms with Crippen molar-refractivity contribution in [3.8, 4) is 0 Å². The van der Waals surface area contributed by atoms with E-state index >= 15 is 0 Å². The van der Waals surface area contributed by atoms with E-state index in [9.17, 15) is 4.79 Å². The first-order valence-corrected chi connectivity index (χ1v) is 6.96. The van der Waals surface area contributed by atoms with Gasteiger partial charge < -0.3 is 9.22 Å². The van der Waals surface area contributed by atoms with E-state index in [1.165, 1.54) is 32.2 Å². The number of hydrogen-bond acceptors (Lipinski definition) is 2. The number of unbranched alkanes of at least 4 members (excludes halogenated alkanes) is 5. The third kappa shape index (κ3) is 11.6. The Morgan fingerprint density at radius 1 is 1.00 bits per heavy atom. The van der Waals surface area contributed by atoms with Gasteiger partial charge in [-0.1, -0.05) is 25.8 Å². The molecule has 18 heavy (non-hydrogen) atoms. The summed E-state index contributed by atoms with van der Waals surface area (Å²) in [6, 6.07) is 0. The molecule has 3 heteroatoms. The topological polar surface area (TPSA) is 26.3 Å². The number of rotatable bonds is 10. The van der Waals surface area contributed by atoms with Crippen molar-refractivity contribution in [1.29, 1.82) is 0 Å². The maximum Gasteiger partial charge on any atom is 0.333 e. The minimum absolute atomic E-state index is 0.266. The van der Waals surface area contributed by atoms with Gasteiger partial charge in [-0.3, -0.25) is 0 Å². The zero-order chi connectivity index (χ0) is 14.0. The normalized spacial score (nSPS) is 11.3. The number of carbonyl (C=O) groups is 1. The highest BCUT2D eigenvalue weighted by molar-refractivity contribution is 5.86. The van der Waals surface area contributed by atoms with Gasteiger partial charge in [0.05, 0.1) is 34.3 Å². The second kappa shape index (κ2) is 9.15. The Hall–Kier alpha value is -0.830. The molecule has 0 atom stereocenters. The predicted octanol–water partition coefficient (Wildman–Crippen LogP) is 3.15. The van der Waals surface area contributed by atoms with E-state index in [2.05, 4.69) is 27.7 Å². The smallest absolute Gasteiger partial charge is 0.333 e. The Bertz CT molecular complexity index is 254. The van der Waals surface area contributed by atoms with Gasteiger partial charge in [-0.15, -0.1) is 0 Å². The zero-order valence-corrected chi connectivity index (χ0v) is 12.6. The van der Waals surface area contributed by atoms with Gasteiger partial charge in [0, 0.05) is 5.57 Å². The molecule has 0 aromatic heterocycles. The number of ether oxygens (including phenoxy) is 1. The molecule has 0 aromatic rings. The van der Waals surface area contributed by atoms with E-state index in [4.69, 9.17) is 4.74 Å². The molecule has 0 unspecified atom stereocenters. The monoisotopic (exact) mass is 256 g/mol. The van der Waals surface area contributed by atoms with Crippen molar-refractivity contribution < 1.29 is 14.0 Å². The maximum atomic E-state index is 11.1. The van der Waals surface area contributed by atoms with E-state index in [0.29, 0.717) is 12.2 Å². The average Bonchev–Trinajstić information content (AvgIpc) is 2.24. The largest absolute Gasteiger partial charge is 0.462 e. The first kappa shape index (κ1) is 17.2. The minimum atomic E-state index is -0.266. The summed E-state index contributed by atoms with van der Waals surface area (Å²) in [5.41, 5.74) is 0.482. The lowest BCUT2D eigenvalue weighted by molar-refractivity contribution is -0.870. The van der Waals surface area contributed by atoms with E-state index in [-0.39, 0.29) is 5.97 Å². The van der Waals surface area contributed by atoms with Gasteiger partial charge in [0.2, 0.25) is 0 Å². The van der Waals surface area contributed by atoms with Crippen LogP contribution in [0.2, 0.25) is 0 Å². The molecule has 0 fully saturated rings. The molecule has 0 saturated heterocycles. The number of nitrogens with zero attached hydrogens (tertiary/aromatic N) is 1. The van der Waals surface area contributed by atoms with Crippen molar-refractivity contribution in [2.24, 2.45) is 0 Å². The van der Waals surface area contributed by atoms with Crippen LogP contribution < -0.4 is 0 Å². The summed E-state index contributed by atoms with van der Waals surface area (Å²) < 4.78 is 6.09. The summed E-state index contributed by atoms with van der Waals surface area (Å²) in [5, 5.41) is 0. The molecule has 0 heterocycles. The highest BCUT2D eigenvalue weighted by Gasteiger charge is 2.05. The fraction of sp³-hybridized carbons (Fsp3) is 0.800. The van der Waals surface area contributed by atoms with Crippen LogP contribution in [0.3, 0.4) is 0 Å². The highest BCUT2D eigenvalue weighted by Crippen LogP contribution is 2.07. The molecular weight excluding hydrogens is 226 g/mol.